The Morgan fingerprint density at radius 2 is 1.44 bits per heavy atom. The Morgan fingerprint density at radius 1 is 0.812 bits per heavy atom. The smallest absolute Gasteiger partial charge is 0.335 e. The van der Waals surface area contributed by atoms with Gasteiger partial charge in [0.15, 0.2) is 5.78 Å². The van der Waals surface area contributed by atoms with Crippen LogP contribution in [0, 0.1) is 6.92 Å². The van der Waals surface area contributed by atoms with Crippen LogP contribution in [0.1, 0.15) is 84.0 Å². The van der Waals surface area contributed by atoms with Crippen LogP contribution in [0.25, 0.3) is 0 Å². The van der Waals surface area contributed by atoms with E-state index in [1.807, 2.05) is 55.5 Å². The van der Waals surface area contributed by atoms with Crippen LogP contribution >= 0.6 is 0 Å². The molecule has 0 aromatic heterocycles. The maximum Gasteiger partial charge on any atom is 0.335 e. The molecular formula is C40H48N2O6. The van der Waals surface area contributed by atoms with E-state index in [0.29, 0.717) is 32.2 Å². The van der Waals surface area contributed by atoms with Crippen LogP contribution in [0.5, 0.6) is 0 Å². The lowest BCUT2D eigenvalue weighted by Crippen LogP contribution is -2.37. The lowest BCUT2D eigenvalue weighted by molar-refractivity contribution is -0.135. The number of aromatic carboxylic acids is 1. The van der Waals surface area contributed by atoms with Crippen LogP contribution in [-0.2, 0) is 38.4 Å². The Morgan fingerprint density at radius 3 is 2.10 bits per heavy atom. The molecule has 3 aromatic rings. The van der Waals surface area contributed by atoms with Crippen LogP contribution in [0.15, 0.2) is 84.4 Å². The number of amides is 2. The van der Waals surface area contributed by atoms with Crippen molar-refractivity contribution < 1.29 is 29.0 Å². The number of hydrogen-bond acceptors (Lipinski definition) is 5. The second-order valence-corrected chi connectivity index (χ2v) is 12.5. The quantitative estimate of drug-likeness (QED) is 0.112. The van der Waals surface area contributed by atoms with Gasteiger partial charge in [-0.3, -0.25) is 14.4 Å². The van der Waals surface area contributed by atoms with Crippen LogP contribution in [0.2, 0.25) is 0 Å². The maximum absolute atomic E-state index is 13.5. The summed E-state index contributed by atoms with van der Waals surface area (Å²) in [6, 6.07) is 22.4. The third-order valence-corrected chi connectivity index (χ3v) is 8.71. The van der Waals surface area contributed by atoms with E-state index in [9.17, 15) is 19.2 Å². The van der Waals surface area contributed by atoms with Gasteiger partial charge < -0.3 is 20.1 Å². The highest BCUT2D eigenvalue weighted by molar-refractivity contribution is 5.91. The Labute approximate surface area is 284 Å². The fourth-order valence-corrected chi connectivity index (χ4v) is 5.80. The first-order valence-corrected chi connectivity index (χ1v) is 17.1. The van der Waals surface area contributed by atoms with Gasteiger partial charge in [0.1, 0.15) is 0 Å². The molecule has 0 saturated carbocycles. The summed E-state index contributed by atoms with van der Waals surface area (Å²) in [5.41, 5.74) is 6.51. The van der Waals surface area contributed by atoms with Crippen LogP contribution in [0.3, 0.4) is 0 Å². The Balaban J connectivity index is 1.26. The molecule has 0 unspecified atom stereocenters. The molecule has 0 bridgehead atoms. The van der Waals surface area contributed by atoms with Gasteiger partial charge in [0.2, 0.25) is 11.8 Å². The highest BCUT2D eigenvalue weighted by Gasteiger charge is 2.18. The third kappa shape index (κ3) is 12.6. The molecule has 48 heavy (non-hydrogen) atoms. The fourth-order valence-electron chi connectivity index (χ4n) is 5.80. The van der Waals surface area contributed by atoms with Crippen molar-refractivity contribution in [1.29, 1.82) is 0 Å². The van der Waals surface area contributed by atoms with Crippen LogP contribution < -0.4 is 5.32 Å². The highest BCUT2D eigenvalue weighted by Crippen LogP contribution is 2.17. The Hall–Kier alpha value is -4.56. The zero-order valence-electron chi connectivity index (χ0n) is 28.0. The molecule has 0 aliphatic carbocycles. The van der Waals surface area contributed by atoms with Crippen molar-refractivity contribution in [3.05, 3.63) is 112 Å². The molecule has 1 heterocycles. The Bertz CT molecular complexity index is 1540. The number of carboxylic acids is 1. The molecule has 0 atom stereocenters. The number of ketones is 1. The van der Waals surface area contributed by atoms with E-state index in [1.54, 1.807) is 29.2 Å². The van der Waals surface area contributed by atoms with E-state index in [4.69, 9.17) is 9.84 Å². The van der Waals surface area contributed by atoms with E-state index in [2.05, 4.69) is 11.4 Å². The summed E-state index contributed by atoms with van der Waals surface area (Å²) in [4.78, 5) is 51.7. The van der Waals surface area contributed by atoms with Gasteiger partial charge in [-0.05, 0) is 98.7 Å². The molecule has 0 spiro atoms. The molecule has 0 radical (unpaired) electrons. The standard InChI is InChI=1S/C40H48N2O6/c1-30-8-2-3-13-37(30)41-38(44)14-7-11-31-15-17-34(18-16-31)28-39(45)42(25-5-4-9-33-23-26-48-27-24-33)29-36(43)12-6-10-32-19-21-35(22-20-32)40(46)47/h2-3,8-9,13,15-22H,4-7,10-12,14,23-29H2,1H3,(H,41,44)(H,46,47). The molecule has 1 aliphatic rings. The van der Waals surface area contributed by atoms with E-state index in [0.717, 1.165) is 79.7 Å². The third-order valence-electron chi connectivity index (χ3n) is 8.71. The predicted octanol–water partition coefficient (Wildman–Crippen LogP) is 7.13. The number of hydrogen-bond donors (Lipinski definition) is 2. The first-order chi connectivity index (χ1) is 23.3. The molecule has 8 nitrogen and oxygen atoms in total. The van der Waals surface area contributed by atoms with Gasteiger partial charge >= 0.3 is 5.97 Å². The van der Waals surface area contributed by atoms with Crippen molar-refractivity contribution in [2.45, 2.75) is 77.6 Å². The molecule has 1 saturated heterocycles. The normalized spacial score (nSPS) is 12.7. The summed E-state index contributed by atoms with van der Waals surface area (Å²) < 4.78 is 5.44. The van der Waals surface area contributed by atoms with Crippen molar-refractivity contribution in [3.8, 4) is 0 Å². The number of benzene rings is 3. The molecule has 1 aliphatic heterocycles. The first kappa shape index (κ1) is 36.3. The zero-order valence-corrected chi connectivity index (χ0v) is 28.0. The van der Waals surface area contributed by atoms with E-state index < -0.39 is 5.97 Å². The number of allylic oxidation sites excluding steroid dienone is 1. The van der Waals surface area contributed by atoms with E-state index in [1.165, 1.54) is 5.57 Å². The molecule has 3 aromatic carbocycles. The number of nitrogens with zero attached hydrogens (tertiary/aromatic N) is 1. The summed E-state index contributed by atoms with van der Waals surface area (Å²) in [6.07, 6.45) is 9.61. The SMILES string of the molecule is Cc1ccccc1NC(=O)CCCc1ccc(CC(=O)N(CCCC=C2CCOCC2)CC(=O)CCCc2ccc(C(=O)O)cc2)cc1. The van der Waals surface area contributed by atoms with E-state index in [-0.39, 0.29) is 36.1 Å². The number of ether oxygens (including phenoxy) is 1. The van der Waals surface area contributed by atoms with Gasteiger partial charge in [0, 0.05) is 25.1 Å². The second kappa shape index (κ2) is 19.3. The largest absolute Gasteiger partial charge is 0.478 e. The summed E-state index contributed by atoms with van der Waals surface area (Å²) in [7, 11) is 0. The number of para-hydroxylation sites is 1. The van der Waals surface area contributed by atoms with Gasteiger partial charge in [-0.2, -0.15) is 0 Å². The minimum absolute atomic E-state index is 0.000461. The molecule has 2 N–H and O–H groups in total. The van der Waals surface area contributed by atoms with Crippen molar-refractivity contribution in [2.24, 2.45) is 0 Å². The molecule has 1 fully saturated rings. The minimum Gasteiger partial charge on any atom is -0.478 e. The number of carbonyl (C=O) groups is 4. The topological polar surface area (TPSA) is 113 Å². The van der Waals surface area contributed by atoms with Gasteiger partial charge in [0.05, 0.1) is 31.7 Å². The van der Waals surface area contributed by atoms with Crippen molar-refractivity contribution in [2.75, 3.05) is 31.6 Å². The van der Waals surface area contributed by atoms with Crippen LogP contribution in [-0.4, -0.2) is 59.9 Å². The summed E-state index contributed by atoms with van der Waals surface area (Å²) in [6.45, 7) is 4.10. The average Bonchev–Trinajstić information content (AvgIpc) is 3.08. The number of aryl methyl sites for hydroxylation is 3. The number of carboxylic acid groups (broad SMARTS) is 1. The minimum atomic E-state index is -0.961. The Kier molecular flexibility index (Phi) is 14.6. The number of rotatable bonds is 18. The maximum atomic E-state index is 13.5. The van der Waals surface area contributed by atoms with Gasteiger partial charge in [0.25, 0.3) is 0 Å². The fraction of sp³-hybridized carbons (Fsp3) is 0.400. The van der Waals surface area contributed by atoms with Gasteiger partial charge in [-0.25, -0.2) is 4.79 Å². The first-order valence-electron chi connectivity index (χ1n) is 17.1. The van der Waals surface area contributed by atoms with Crippen molar-refractivity contribution >= 4 is 29.3 Å². The van der Waals surface area contributed by atoms with Gasteiger partial charge in [-0.1, -0.05) is 66.2 Å². The molecule has 4 rings (SSSR count). The molecule has 2 amide bonds. The number of anilines is 1. The second-order valence-electron chi connectivity index (χ2n) is 12.5. The molecule has 8 heteroatoms. The highest BCUT2D eigenvalue weighted by atomic mass is 16.5. The van der Waals surface area contributed by atoms with Crippen molar-refractivity contribution in [3.63, 3.8) is 0 Å². The summed E-state index contributed by atoms with van der Waals surface area (Å²) in [5.74, 6) is -1.00. The van der Waals surface area contributed by atoms with Crippen LogP contribution in [0.4, 0.5) is 5.69 Å². The van der Waals surface area contributed by atoms with Gasteiger partial charge in [-0.15, -0.1) is 0 Å². The monoisotopic (exact) mass is 652 g/mol. The lowest BCUT2D eigenvalue weighted by atomic mass is 10.0. The predicted molar refractivity (Wildman–Crippen MR) is 188 cm³/mol. The molecule has 254 valence electrons. The molecular weight excluding hydrogens is 604 g/mol. The lowest BCUT2D eigenvalue weighted by Gasteiger charge is -2.22. The summed E-state index contributed by atoms with van der Waals surface area (Å²) in [5, 5.41) is 12.1. The van der Waals surface area contributed by atoms with Crippen molar-refractivity contribution in [1.82, 2.24) is 4.90 Å². The number of Topliss-reactive ketones (excluding diaryl/α,β-unsaturated/α-hetero) is 1. The number of unbranched alkanes of at least 4 members (excludes halogenated alkanes) is 1. The van der Waals surface area contributed by atoms with E-state index >= 15 is 0 Å². The average molecular weight is 653 g/mol. The number of carbonyl (C=O) groups excluding carboxylic acids is 3. The summed E-state index contributed by atoms with van der Waals surface area (Å²) >= 11 is 0. The number of nitrogens with one attached hydrogen (secondary N) is 1. The zero-order chi connectivity index (χ0) is 34.1.